The van der Waals surface area contributed by atoms with Crippen molar-refractivity contribution in [3.05, 3.63) is 55.4 Å². The Kier molecular flexibility index (Phi) is 4.06. The molecule has 2 aromatic rings. The van der Waals surface area contributed by atoms with E-state index < -0.39 is 0 Å². The zero-order valence-electron chi connectivity index (χ0n) is 9.43. The Balaban J connectivity index is 2.51. The molecule has 0 bridgehead atoms. The van der Waals surface area contributed by atoms with Crippen LogP contribution in [0.25, 0.3) is 0 Å². The van der Waals surface area contributed by atoms with Gasteiger partial charge >= 0.3 is 0 Å². The van der Waals surface area contributed by atoms with Crippen LogP contribution >= 0.6 is 43.2 Å². The molecule has 1 aromatic carbocycles. The molecule has 2 rings (SSSR count). The van der Waals surface area contributed by atoms with Crippen molar-refractivity contribution in [1.82, 2.24) is 0 Å². The minimum atomic E-state index is -0.190. The fourth-order valence-electron chi connectivity index (χ4n) is 1.81. The molecule has 0 saturated heterocycles. The molecule has 4 heteroatoms. The normalized spacial score (nSPS) is 12.8. The van der Waals surface area contributed by atoms with Crippen LogP contribution in [0.5, 0.6) is 0 Å². The molecule has 0 spiro atoms. The van der Waals surface area contributed by atoms with Crippen LogP contribution < -0.4 is 0 Å². The van der Waals surface area contributed by atoms with Gasteiger partial charge in [-0.05, 0) is 37.6 Å². The van der Waals surface area contributed by atoms with Gasteiger partial charge < -0.3 is 0 Å². The maximum atomic E-state index is 13.9. The van der Waals surface area contributed by atoms with Gasteiger partial charge in [-0.3, -0.25) is 0 Å². The van der Waals surface area contributed by atoms with E-state index in [2.05, 4.69) is 51.8 Å². The maximum absolute atomic E-state index is 13.9. The first-order chi connectivity index (χ1) is 8.00. The lowest BCUT2D eigenvalue weighted by atomic mass is 10.0. The summed E-state index contributed by atoms with van der Waals surface area (Å²) in [6.07, 6.45) is 0. The molecule has 1 atom stereocenters. The first kappa shape index (κ1) is 13.2. The van der Waals surface area contributed by atoms with E-state index in [1.54, 1.807) is 17.4 Å². The third-order valence-electron chi connectivity index (χ3n) is 2.61. The third kappa shape index (κ3) is 2.64. The van der Waals surface area contributed by atoms with E-state index in [1.165, 1.54) is 15.8 Å². The minimum Gasteiger partial charge on any atom is -0.207 e. The largest absolute Gasteiger partial charge is 0.207 e. The van der Waals surface area contributed by atoms with Gasteiger partial charge in [-0.15, -0.1) is 11.3 Å². The van der Waals surface area contributed by atoms with Gasteiger partial charge in [0.2, 0.25) is 0 Å². The topological polar surface area (TPSA) is 0 Å². The smallest absolute Gasteiger partial charge is 0.129 e. The Bertz CT molecular complexity index is 528. The molecule has 0 amide bonds. The lowest BCUT2D eigenvalue weighted by molar-refractivity contribution is 0.612. The lowest BCUT2D eigenvalue weighted by Gasteiger charge is -2.13. The summed E-state index contributed by atoms with van der Waals surface area (Å²) < 4.78 is 14.7. The number of halogens is 3. The molecule has 0 aliphatic carbocycles. The fourth-order valence-corrected chi connectivity index (χ4v) is 4.74. The zero-order chi connectivity index (χ0) is 12.6. The number of hydrogen-bond donors (Lipinski definition) is 0. The van der Waals surface area contributed by atoms with Crippen molar-refractivity contribution in [2.75, 3.05) is 0 Å². The van der Waals surface area contributed by atoms with Gasteiger partial charge in [0.15, 0.2) is 0 Å². The van der Waals surface area contributed by atoms with Crippen LogP contribution in [-0.2, 0) is 0 Å². The van der Waals surface area contributed by atoms with Crippen molar-refractivity contribution in [3.63, 3.8) is 0 Å². The highest BCUT2D eigenvalue weighted by atomic mass is 79.9. The summed E-state index contributed by atoms with van der Waals surface area (Å²) in [4.78, 5) is 2.36. The first-order valence-electron chi connectivity index (χ1n) is 5.15. The van der Waals surface area contributed by atoms with Crippen molar-refractivity contribution in [2.45, 2.75) is 18.7 Å². The zero-order valence-corrected chi connectivity index (χ0v) is 13.4. The summed E-state index contributed by atoms with van der Waals surface area (Å²) in [6, 6.07) is 7.16. The Morgan fingerprint density at radius 3 is 2.53 bits per heavy atom. The second kappa shape index (κ2) is 5.21. The van der Waals surface area contributed by atoms with Crippen LogP contribution in [-0.4, -0.2) is 0 Å². The molecule has 0 nitrogen and oxygen atoms in total. The van der Waals surface area contributed by atoms with Crippen molar-refractivity contribution >= 4 is 43.2 Å². The van der Waals surface area contributed by atoms with E-state index in [-0.39, 0.29) is 10.6 Å². The van der Waals surface area contributed by atoms with Crippen LogP contribution in [0.1, 0.15) is 25.7 Å². The number of aryl methyl sites for hydroxylation is 2. The van der Waals surface area contributed by atoms with E-state index in [0.717, 1.165) is 10.0 Å². The van der Waals surface area contributed by atoms with E-state index in [4.69, 9.17) is 0 Å². The van der Waals surface area contributed by atoms with Crippen LogP contribution in [0.15, 0.2) is 28.7 Å². The summed E-state index contributed by atoms with van der Waals surface area (Å²) >= 11 is 8.74. The molecular formula is C13H11Br2FS. The van der Waals surface area contributed by atoms with Gasteiger partial charge in [-0.1, -0.05) is 37.9 Å². The lowest BCUT2D eigenvalue weighted by Crippen LogP contribution is -1.98. The molecule has 0 aliphatic heterocycles. The average molecular weight is 378 g/mol. The number of rotatable bonds is 2. The van der Waals surface area contributed by atoms with Gasteiger partial charge in [0, 0.05) is 19.8 Å². The van der Waals surface area contributed by atoms with Crippen LogP contribution in [0.4, 0.5) is 4.39 Å². The van der Waals surface area contributed by atoms with E-state index in [1.807, 2.05) is 6.07 Å². The SMILES string of the molecule is Cc1cc(C(Br)c2c(F)cccc2Br)c(C)s1. The third-order valence-corrected chi connectivity index (χ3v) is 5.23. The van der Waals surface area contributed by atoms with Crippen LogP contribution in [0, 0.1) is 19.7 Å². The molecule has 0 aliphatic rings. The molecule has 1 aromatic heterocycles. The van der Waals surface area contributed by atoms with E-state index >= 15 is 0 Å². The molecule has 0 radical (unpaired) electrons. The van der Waals surface area contributed by atoms with E-state index in [9.17, 15) is 4.39 Å². The molecular weight excluding hydrogens is 367 g/mol. The predicted octanol–water partition coefficient (Wildman–Crippen LogP) is 5.75. The molecule has 1 heterocycles. The van der Waals surface area contributed by atoms with Crippen molar-refractivity contribution < 1.29 is 4.39 Å². The highest BCUT2D eigenvalue weighted by molar-refractivity contribution is 9.11. The maximum Gasteiger partial charge on any atom is 0.129 e. The molecule has 90 valence electrons. The molecule has 1 unspecified atom stereocenters. The first-order valence-corrected chi connectivity index (χ1v) is 7.68. The number of benzene rings is 1. The summed E-state index contributed by atoms with van der Waals surface area (Å²) in [5.74, 6) is -0.190. The quantitative estimate of drug-likeness (QED) is 0.584. The monoisotopic (exact) mass is 376 g/mol. The molecule has 0 fully saturated rings. The summed E-state index contributed by atoms with van der Waals surface area (Å²) in [7, 11) is 0. The van der Waals surface area contributed by atoms with Crippen molar-refractivity contribution in [3.8, 4) is 0 Å². The Labute approximate surface area is 121 Å². The molecule has 0 N–H and O–H groups in total. The van der Waals surface area contributed by atoms with Gasteiger partial charge in [0.05, 0.1) is 4.83 Å². The van der Waals surface area contributed by atoms with Crippen LogP contribution in [0.2, 0.25) is 0 Å². The molecule has 0 saturated carbocycles. The van der Waals surface area contributed by atoms with Crippen molar-refractivity contribution in [2.24, 2.45) is 0 Å². The average Bonchev–Trinajstić information content (AvgIpc) is 2.57. The Morgan fingerprint density at radius 1 is 1.29 bits per heavy atom. The number of hydrogen-bond acceptors (Lipinski definition) is 1. The summed E-state index contributed by atoms with van der Waals surface area (Å²) in [5.41, 5.74) is 1.80. The highest BCUT2D eigenvalue weighted by Gasteiger charge is 2.20. The molecule has 17 heavy (non-hydrogen) atoms. The minimum absolute atomic E-state index is 0.108. The summed E-state index contributed by atoms with van der Waals surface area (Å²) in [5, 5.41) is 0. The van der Waals surface area contributed by atoms with Gasteiger partial charge in [0.1, 0.15) is 5.82 Å². The predicted molar refractivity (Wildman–Crippen MR) is 78.7 cm³/mol. The Hall–Kier alpha value is -0.190. The second-order valence-electron chi connectivity index (χ2n) is 3.87. The van der Waals surface area contributed by atoms with Crippen LogP contribution in [0.3, 0.4) is 0 Å². The Morgan fingerprint density at radius 2 is 2.00 bits per heavy atom. The van der Waals surface area contributed by atoms with Crippen molar-refractivity contribution in [1.29, 1.82) is 0 Å². The number of thiophene rings is 1. The standard InChI is InChI=1S/C13H11Br2FS/c1-7-6-9(8(2)17-7)13(15)12-10(14)4-3-5-11(12)16/h3-6,13H,1-2H3. The van der Waals surface area contributed by atoms with Gasteiger partial charge in [-0.2, -0.15) is 0 Å². The van der Waals surface area contributed by atoms with Gasteiger partial charge in [-0.25, -0.2) is 4.39 Å². The van der Waals surface area contributed by atoms with Gasteiger partial charge in [0.25, 0.3) is 0 Å². The second-order valence-corrected chi connectivity index (χ2v) is 7.10. The summed E-state index contributed by atoms with van der Waals surface area (Å²) in [6.45, 7) is 4.13. The highest BCUT2D eigenvalue weighted by Crippen LogP contribution is 2.40. The fraction of sp³-hybridized carbons (Fsp3) is 0.231. The van der Waals surface area contributed by atoms with E-state index in [0.29, 0.717) is 5.56 Å². The number of alkyl halides is 1.